The Labute approximate surface area is 310 Å². The van der Waals surface area contributed by atoms with Crippen molar-refractivity contribution in [1.82, 2.24) is 4.57 Å². The second-order valence-electron chi connectivity index (χ2n) is 14.6. The molecular formula is C51H38N2. The van der Waals surface area contributed by atoms with E-state index >= 15 is 0 Å². The van der Waals surface area contributed by atoms with Crippen LogP contribution < -0.4 is 4.90 Å². The molecule has 1 aromatic heterocycles. The number of hydrogen-bond donors (Lipinski definition) is 0. The summed E-state index contributed by atoms with van der Waals surface area (Å²) in [7, 11) is 0. The smallest absolute Gasteiger partial charge is 0.0541 e. The highest BCUT2D eigenvalue weighted by molar-refractivity contribution is 6.09. The zero-order valence-electron chi connectivity index (χ0n) is 29.9. The van der Waals surface area contributed by atoms with E-state index in [1.807, 2.05) is 0 Å². The van der Waals surface area contributed by atoms with Gasteiger partial charge in [-0.15, -0.1) is 0 Å². The molecule has 252 valence electrons. The third-order valence-corrected chi connectivity index (χ3v) is 11.2. The van der Waals surface area contributed by atoms with Gasteiger partial charge in [0.1, 0.15) is 0 Å². The SMILES string of the molecule is CC1(C)c2ccc(N(c3cccc(-n4c5ccccc5c5ccccc54)c3)c3ccccc3-c3ccccc3)cc2-c2c(-c3ccccc3)cccc21. The Hall–Kier alpha value is -6.64. The first-order valence-corrected chi connectivity index (χ1v) is 18.4. The van der Waals surface area contributed by atoms with Crippen LogP contribution >= 0.6 is 0 Å². The molecule has 0 saturated heterocycles. The summed E-state index contributed by atoms with van der Waals surface area (Å²) in [5.41, 5.74) is 17.0. The van der Waals surface area contributed by atoms with Crippen LogP contribution in [-0.4, -0.2) is 4.57 Å². The highest BCUT2D eigenvalue weighted by Crippen LogP contribution is 2.54. The normalized spacial score (nSPS) is 12.9. The van der Waals surface area contributed by atoms with Crippen molar-refractivity contribution in [2.45, 2.75) is 19.3 Å². The summed E-state index contributed by atoms with van der Waals surface area (Å²) >= 11 is 0. The van der Waals surface area contributed by atoms with Crippen LogP contribution in [-0.2, 0) is 5.41 Å². The van der Waals surface area contributed by atoms with Crippen molar-refractivity contribution in [2.75, 3.05) is 4.90 Å². The van der Waals surface area contributed by atoms with Gasteiger partial charge in [-0.3, -0.25) is 0 Å². The quantitative estimate of drug-likeness (QED) is 0.170. The lowest BCUT2D eigenvalue weighted by molar-refractivity contribution is 0.660. The van der Waals surface area contributed by atoms with E-state index in [4.69, 9.17) is 0 Å². The van der Waals surface area contributed by atoms with Crippen LogP contribution in [0.2, 0.25) is 0 Å². The molecule has 0 bridgehead atoms. The minimum atomic E-state index is -0.128. The summed E-state index contributed by atoms with van der Waals surface area (Å²) in [6.07, 6.45) is 0. The number of hydrogen-bond acceptors (Lipinski definition) is 1. The molecule has 0 saturated carbocycles. The Balaban J connectivity index is 1.22. The molecule has 0 amide bonds. The van der Waals surface area contributed by atoms with Crippen molar-refractivity contribution >= 4 is 38.9 Å². The minimum absolute atomic E-state index is 0.128. The van der Waals surface area contributed by atoms with Crippen molar-refractivity contribution in [1.29, 1.82) is 0 Å². The maximum absolute atomic E-state index is 2.45. The van der Waals surface area contributed by atoms with E-state index in [1.165, 1.54) is 66.3 Å². The first-order chi connectivity index (χ1) is 26.1. The van der Waals surface area contributed by atoms with Gasteiger partial charge in [0.05, 0.1) is 16.7 Å². The first-order valence-electron chi connectivity index (χ1n) is 18.4. The standard InChI is InChI=1S/C51H38N2/c1-51(2)45-32-31-39(34-44(45)50-41(26-16-27-46(50)51)36-19-7-4-8-20-36)52(47-28-12-9-23-40(47)35-17-5-3-6-18-35)37-21-15-22-38(33-37)53-48-29-13-10-24-42(48)43-25-11-14-30-49(43)53/h3-34H,1-2H3. The molecule has 53 heavy (non-hydrogen) atoms. The van der Waals surface area contributed by atoms with Gasteiger partial charge in [-0.25, -0.2) is 0 Å². The molecule has 0 spiro atoms. The molecule has 8 aromatic carbocycles. The maximum atomic E-state index is 2.45. The molecule has 9 aromatic rings. The molecule has 0 atom stereocenters. The highest BCUT2D eigenvalue weighted by Gasteiger charge is 2.37. The van der Waals surface area contributed by atoms with E-state index < -0.39 is 0 Å². The van der Waals surface area contributed by atoms with Crippen LogP contribution in [0.4, 0.5) is 17.1 Å². The lowest BCUT2D eigenvalue weighted by Gasteiger charge is -2.29. The van der Waals surface area contributed by atoms with E-state index in [9.17, 15) is 0 Å². The molecule has 0 unspecified atom stereocenters. The third kappa shape index (κ3) is 4.94. The van der Waals surface area contributed by atoms with Crippen molar-refractivity contribution in [3.8, 4) is 39.1 Å². The van der Waals surface area contributed by atoms with Crippen molar-refractivity contribution in [2.24, 2.45) is 0 Å². The Morgan fingerprint density at radius 3 is 1.70 bits per heavy atom. The molecule has 0 fully saturated rings. The van der Waals surface area contributed by atoms with E-state index in [-0.39, 0.29) is 5.41 Å². The van der Waals surface area contributed by atoms with Gasteiger partial charge in [-0.2, -0.15) is 0 Å². The minimum Gasteiger partial charge on any atom is -0.310 e. The number of nitrogens with zero attached hydrogens (tertiary/aromatic N) is 2. The highest BCUT2D eigenvalue weighted by atomic mass is 15.1. The van der Waals surface area contributed by atoms with Gasteiger partial charge in [0, 0.05) is 38.8 Å². The van der Waals surface area contributed by atoms with Crippen LogP contribution in [0.15, 0.2) is 194 Å². The number of anilines is 3. The van der Waals surface area contributed by atoms with E-state index in [0.29, 0.717) is 0 Å². The average Bonchev–Trinajstić information content (AvgIpc) is 3.67. The molecule has 1 heterocycles. The summed E-state index contributed by atoms with van der Waals surface area (Å²) < 4.78 is 2.41. The Kier molecular flexibility index (Phi) is 7.19. The van der Waals surface area contributed by atoms with Gasteiger partial charge in [0.2, 0.25) is 0 Å². The monoisotopic (exact) mass is 678 g/mol. The zero-order chi connectivity index (χ0) is 35.5. The molecule has 0 radical (unpaired) electrons. The number of aromatic nitrogens is 1. The van der Waals surface area contributed by atoms with Crippen LogP contribution in [0.1, 0.15) is 25.0 Å². The second-order valence-corrected chi connectivity index (χ2v) is 14.6. The van der Waals surface area contributed by atoms with Gasteiger partial charge < -0.3 is 9.47 Å². The summed E-state index contributed by atoms with van der Waals surface area (Å²) in [6, 6.07) is 70.8. The summed E-state index contributed by atoms with van der Waals surface area (Å²) in [5, 5.41) is 2.52. The number of para-hydroxylation sites is 3. The zero-order valence-corrected chi connectivity index (χ0v) is 29.9. The second kappa shape index (κ2) is 12.3. The summed E-state index contributed by atoms with van der Waals surface area (Å²) in [4.78, 5) is 2.45. The fraction of sp³-hybridized carbons (Fsp3) is 0.0588. The number of rotatable bonds is 6. The van der Waals surface area contributed by atoms with Crippen molar-refractivity contribution in [3.63, 3.8) is 0 Å². The largest absolute Gasteiger partial charge is 0.310 e. The van der Waals surface area contributed by atoms with Crippen LogP contribution in [0.3, 0.4) is 0 Å². The van der Waals surface area contributed by atoms with Gasteiger partial charge in [-0.1, -0.05) is 159 Å². The van der Waals surface area contributed by atoms with Crippen LogP contribution in [0.25, 0.3) is 60.9 Å². The third-order valence-electron chi connectivity index (χ3n) is 11.2. The van der Waals surface area contributed by atoms with E-state index in [0.717, 1.165) is 22.7 Å². The molecule has 0 N–H and O–H groups in total. The molecule has 10 rings (SSSR count). The topological polar surface area (TPSA) is 8.17 Å². The Morgan fingerprint density at radius 1 is 0.415 bits per heavy atom. The molecule has 2 heteroatoms. The van der Waals surface area contributed by atoms with Gasteiger partial charge >= 0.3 is 0 Å². The first kappa shape index (κ1) is 31.1. The Morgan fingerprint density at radius 2 is 0.981 bits per heavy atom. The van der Waals surface area contributed by atoms with E-state index in [2.05, 4.69) is 217 Å². The fourth-order valence-electron chi connectivity index (χ4n) is 8.72. The lowest BCUT2D eigenvalue weighted by atomic mass is 9.82. The molecule has 1 aliphatic carbocycles. The average molecular weight is 679 g/mol. The number of fused-ring (bicyclic) bond motifs is 6. The molecular weight excluding hydrogens is 641 g/mol. The molecule has 0 aliphatic heterocycles. The van der Waals surface area contributed by atoms with E-state index in [1.54, 1.807) is 0 Å². The summed E-state index contributed by atoms with van der Waals surface area (Å²) in [6.45, 7) is 4.73. The summed E-state index contributed by atoms with van der Waals surface area (Å²) in [5.74, 6) is 0. The van der Waals surface area contributed by atoms with Crippen molar-refractivity contribution < 1.29 is 0 Å². The van der Waals surface area contributed by atoms with Crippen LogP contribution in [0, 0.1) is 0 Å². The van der Waals surface area contributed by atoms with Gasteiger partial charge in [0.15, 0.2) is 0 Å². The lowest BCUT2D eigenvalue weighted by Crippen LogP contribution is -2.15. The predicted molar refractivity (Wildman–Crippen MR) is 224 cm³/mol. The van der Waals surface area contributed by atoms with Gasteiger partial charge in [-0.05, 0) is 87.5 Å². The van der Waals surface area contributed by atoms with Gasteiger partial charge in [0.25, 0.3) is 0 Å². The number of benzene rings is 8. The molecule has 1 aliphatic rings. The predicted octanol–water partition coefficient (Wildman–Crippen LogP) is 13.9. The Bertz CT molecular complexity index is 2750. The van der Waals surface area contributed by atoms with Crippen molar-refractivity contribution in [3.05, 3.63) is 205 Å². The maximum Gasteiger partial charge on any atom is 0.0541 e. The van der Waals surface area contributed by atoms with Crippen LogP contribution in [0.5, 0.6) is 0 Å². The molecule has 2 nitrogen and oxygen atoms in total. The fourth-order valence-corrected chi connectivity index (χ4v) is 8.72.